The summed E-state index contributed by atoms with van der Waals surface area (Å²) in [5.41, 5.74) is 2.77. The maximum atomic E-state index is 15.0. The topological polar surface area (TPSA) is 69.2 Å². The van der Waals surface area contributed by atoms with Crippen LogP contribution in [0.4, 0.5) is 31.9 Å². The summed E-state index contributed by atoms with van der Waals surface area (Å²) in [5, 5.41) is 6.36. The minimum Gasteiger partial charge on any atom is -0.368 e. The largest absolute Gasteiger partial charge is 0.368 e. The molecule has 0 saturated carbocycles. The van der Waals surface area contributed by atoms with Crippen LogP contribution in [-0.4, -0.2) is 47.2 Å². The maximum absolute atomic E-state index is 15.0. The highest BCUT2D eigenvalue weighted by molar-refractivity contribution is 5.72. The Hall–Kier alpha value is -3.59. The van der Waals surface area contributed by atoms with Crippen LogP contribution in [0.2, 0.25) is 0 Å². The summed E-state index contributed by atoms with van der Waals surface area (Å²) in [4.78, 5) is 17.1. The Balaban J connectivity index is 1.41. The SMILES string of the molecule is CC(C)N1C=CCc2c(F)cc(-c3nc(Nc4ccc(N5CCNCC5)cn4)ncc3F)cc21. The normalized spacial score (nSPS) is 15.6. The maximum Gasteiger partial charge on any atom is 0.229 e. The molecule has 1 aromatic carbocycles. The van der Waals surface area contributed by atoms with Gasteiger partial charge in [-0.1, -0.05) is 6.08 Å². The quantitative estimate of drug-likeness (QED) is 0.586. The van der Waals surface area contributed by atoms with E-state index in [4.69, 9.17) is 0 Å². The summed E-state index contributed by atoms with van der Waals surface area (Å²) in [6.45, 7) is 7.80. The molecule has 3 aromatic rings. The lowest BCUT2D eigenvalue weighted by Gasteiger charge is -2.30. The Morgan fingerprint density at radius 1 is 1.03 bits per heavy atom. The first-order valence-corrected chi connectivity index (χ1v) is 11.5. The van der Waals surface area contributed by atoms with Crippen LogP contribution in [-0.2, 0) is 6.42 Å². The third kappa shape index (κ3) is 4.43. The van der Waals surface area contributed by atoms with Gasteiger partial charge in [-0.05, 0) is 44.5 Å². The predicted octanol–water partition coefficient (Wildman–Crippen LogP) is 4.25. The molecule has 0 unspecified atom stereocenters. The van der Waals surface area contributed by atoms with Crippen LogP contribution >= 0.6 is 0 Å². The number of anilines is 4. The van der Waals surface area contributed by atoms with E-state index in [1.165, 1.54) is 6.07 Å². The van der Waals surface area contributed by atoms with Crippen LogP contribution in [0.1, 0.15) is 19.4 Å². The molecular weight excluding hydrogens is 436 g/mol. The molecule has 1 saturated heterocycles. The Labute approximate surface area is 197 Å². The number of nitrogens with one attached hydrogen (secondary N) is 2. The van der Waals surface area contributed by atoms with E-state index >= 15 is 0 Å². The van der Waals surface area contributed by atoms with Crippen molar-refractivity contribution in [1.29, 1.82) is 0 Å². The van der Waals surface area contributed by atoms with Crippen molar-refractivity contribution >= 4 is 23.1 Å². The zero-order valence-corrected chi connectivity index (χ0v) is 19.2. The lowest BCUT2D eigenvalue weighted by atomic mass is 9.99. The van der Waals surface area contributed by atoms with Crippen molar-refractivity contribution in [3.63, 3.8) is 0 Å². The molecule has 0 spiro atoms. The molecule has 176 valence electrons. The van der Waals surface area contributed by atoms with E-state index in [2.05, 4.69) is 30.5 Å². The molecule has 2 aromatic heterocycles. The second kappa shape index (κ2) is 9.34. The number of rotatable bonds is 5. The molecule has 7 nitrogen and oxygen atoms in total. The van der Waals surface area contributed by atoms with Gasteiger partial charge < -0.3 is 20.4 Å². The summed E-state index contributed by atoms with van der Waals surface area (Å²) in [6, 6.07) is 7.09. The molecule has 2 aliphatic heterocycles. The summed E-state index contributed by atoms with van der Waals surface area (Å²) in [6.07, 6.45) is 7.26. The number of fused-ring (bicyclic) bond motifs is 1. The van der Waals surface area contributed by atoms with Gasteiger partial charge in [-0.25, -0.2) is 23.7 Å². The molecule has 1 fully saturated rings. The molecule has 2 N–H and O–H groups in total. The number of aromatic nitrogens is 3. The van der Waals surface area contributed by atoms with Crippen LogP contribution in [0.3, 0.4) is 0 Å². The Kier molecular flexibility index (Phi) is 6.10. The van der Waals surface area contributed by atoms with Crippen LogP contribution in [0.15, 0.2) is 48.9 Å². The van der Waals surface area contributed by atoms with Crippen LogP contribution in [0, 0.1) is 11.6 Å². The predicted molar refractivity (Wildman–Crippen MR) is 130 cm³/mol. The molecule has 2 aliphatic rings. The molecule has 0 radical (unpaired) electrons. The third-order valence-electron chi connectivity index (χ3n) is 6.08. The van der Waals surface area contributed by atoms with Gasteiger partial charge >= 0.3 is 0 Å². The number of piperazine rings is 1. The zero-order chi connectivity index (χ0) is 23.7. The van der Waals surface area contributed by atoms with Crippen molar-refractivity contribution in [2.45, 2.75) is 26.3 Å². The van der Waals surface area contributed by atoms with E-state index in [0.29, 0.717) is 23.4 Å². The molecule has 0 amide bonds. The van der Waals surface area contributed by atoms with Gasteiger partial charge in [-0.3, -0.25) is 0 Å². The van der Waals surface area contributed by atoms with E-state index in [1.54, 1.807) is 12.3 Å². The van der Waals surface area contributed by atoms with Gasteiger partial charge in [-0.2, -0.15) is 0 Å². The van der Waals surface area contributed by atoms with Crippen molar-refractivity contribution in [3.05, 3.63) is 66.1 Å². The van der Waals surface area contributed by atoms with Gasteiger partial charge in [0.25, 0.3) is 0 Å². The summed E-state index contributed by atoms with van der Waals surface area (Å²) in [5.74, 6) is -0.253. The first kappa shape index (κ1) is 22.2. The number of nitrogens with zero attached hydrogens (tertiary/aromatic N) is 5. The molecule has 4 heterocycles. The smallest absolute Gasteiger partial charge is 0.229 e. The van der Waals surface area contributed by atoms with E-state index in [9.17, 15) is 8.78 Å². The monoisotopic (exact) mass is 463 g/mol. The number of hydrogen-bond donors (Lipinski definition) is 2. The number of benzene rings is 1. The molecule has 0 bridgehead atoms. The molecule has 0 atom stereocenters. The highest BCUT2D eigenvalue weighted by Gasteiger charge is 2.22. The average molecular weight is 464 g/mol. The molecular formula is C25H27F2N7. The van der Waals surface area contributed by atoms with E-state index in [0.717, 1.165) is 43.8 Å². The fraction of sp³-hybridized carbons (Fsp3) is 0.320. The lowest BCUT2D eigenvalue weighted by molar-refractivity contribution is 0.589. The van der Waals surface area contributed by atoms with Crippen molar-refractivity contribution in [2.24, 2.45) is 0 Å². The number of hydrogen-bond acceptors (Lipinski definition) is 7. The number of halogens is 2. The van der Waals surface area contributed by atoms with Crippen LogP contribution in [0.5, 0.6) is 0 Å². The number of pyridine rings is 1. The van der Waals surface area contributed by atoms with Gasteiger partial charge in [0.2, 0.25) is 5.95 Å². The van der Waals surface area contributed by atoms with Crippen LogP contribution in [0.25, 0.3) is 11.3 Å². The third-order valence-corrected chi connectivity index (χ3v) is 6.08. The molecule has 9 heteroatoms. The van der Waals surface area contributed by atoms with Crippen LogP contribution < -0.4 is 20.4 Å². The first-order chi connectivity index (χ1) is 16.5. The van der Waals surface area contributed by atoms with Gasteiger partial charge in [-0.15, -0.1) is 0 Å². The Morgan fingerprint density at radius 2 is 1.85 bits per heavy atom. The first-order valence-electron chi connectivity index (χ1n) is 11.5. The van der Waals surface area contributed by atoms with Crippen molar-refractivity contribution in [1.82, 2.24) is 20.3 Å². The highest BCUT2D eigenvalue weighted by atomic mass is 19.1. The van der Waals surface area contributed by atoms with Gasteiger partial charge in [0.15, 0.2) is 5.82 Å². The average Bonchev–Trinajstić information content (AvgIpc) is 2.86. The van der Waals surface area contributed by atoms with E-state index in [1.807, 2.05) is 43.2 Å². The van der Waals surface area contributed by atoms with E-state index < -0.39 is 5.82 Å². The van der Waals surface area contributed by atoms with Gasteiger partial charge in [0, 0.05) is 55.2 Å². The highest BCUT2D eigenvalue weighted by Crippen LogP contribution is 2.35. The molecule has 0 aliphatic carbocycles. The van der Waals surface area contributed by atoms with Crippen molar-refractivity contribution < 1.29 is 8.78 Å². The minimum atomic E-state index is -0.616. The lowest BCUT2D eigenvalue weighted by Crippen LogP contribution is -2.43. The second-order valence-electron chi connectivity index (χ2n) is 8.70. The second-order valence-corrected chi connectivity index (χ2v) is 8.70. The molecule has 34 heavy (non-hydrogen) atoms. The van der Waals surface area contributed by atoms with Crippen molar-refractivity contribution in [2.75, 3.05) is 41.3 Å². The van der Waals surface area contributed by atoms with Crippen molar-refractivity contribution in [3.8, 4) is 11.3 Å². The molecule has 5 rings (SSSR count). The minimum absolute atomic E-state index is 0.0369. The zero-order valence-electron chi connectivity index (χ0n) is 19.2. The van der Waals surface area contributed by atoms with E-state index in [-0.39, 0.29) is 23.5 Å². The summed E-state index contributed by atoms with van der Waals surface area (Å²) >= 11 is 0. The Bertz CT molecular complexity index is 1200. The van der Waals surface area contributed by atoms with Gasteiger partial charge in [0.1, 0.15) is 17.3 Å². The summed E-state index contributed by atoms with van der Waals surface area (Å²) in [7, 11) is 0. The number of allylic oxidation sites excluding steroid dienone is 1. The standard InChI is InChI=1S/C25H27F2N7/c1-16(2)34-9-3-4-19-20(26)12-17(13-22(19)34)24-21(27)15-30-25(32-24)31-23-6-5-18(14-29-23)33-10-7-28-8-11-33/h3,5-6,9,12-16,28H,4,7-8,10-11H2,1-2H3,(H,29,30,31,32). The fourth-order valence-corrected chi connectivity index (χ4v) is 4.32. The van der Waals surface area contributed by atoms with Gasteiger partial charge in [0.05, 0.1) is 18.1 Å². The fourth-order valence-electron chi connectivity index (χ4n) is 4.32. The summed E-state index contributed by atoms with van der Waals surface area (Å²) < 4.78 is 29.7. The Morgan fingerprint density at radius 3 is 2.59 bits per heavy atom.